The predicted octanol–water partition coefficient (Wildman–Crippen LogP) is 2.69. The molecule has 0 amide bonds. The average Bonchev–Trinajstić information content (AvgIpc) is 2.79. The van der Waals surface area contributed by atoms with Gasteiger partial charge in [0.1, 0.15) is 0 Å². The quantitative estimate of drug-likeness (QED) is 0.651. The van der Waals surface area contributed by atoms with Crippen LogP contribution >= 0.6 is 7.60 Å². The molecule has 0 spiro atoms. The molecule has 0 aromatic carbocycles. The topological polar surface area (TPSA) is 51.3 Å². The van der Waals surface area contributed by atoms with E-state index in [0.717, 1.165) is 18.5 Å². The van der Waals surface area contributed by atoms with Gasteiger partial charge in [-0.05, 0) is 43.2 Å². The SMILES string of the molecule is COP(=O)(C#Cc1cc2c([nH]1)CCCC2)OC. The summed E-state index contributed by atoms with van der Waals surface area (Å²) >= 11 is 0. The van der Waals surface area contributed by atoms with Crippen molar-refractivity contribution in [2.24, 2.45) is 0 Å². The summed E-state index contributed by atoms with van der Waals surface area (Å²) in [5.41, 5.74) is 5.91. The molecule has 17 heavy (non-hydrogen) atoms. The number of aryl methyl sites for hydroxylation is 2. The van der Waals surface area contributed by atoms with Gasteiger partial charge in [0.2, 0.25) is 0 Å². The van der Waals surface area contributed by atoms with E-state index in [2.05, 4.69) is 16.6 Å². The first-order valence-electron chi connectivity index (χ1n) is 5.62. The van der Waals surface area contributed by atoms with Gasteiger partial charge in [0.15, 0.2) is 0 Å². The standard InChI is InChI=1S/C12H16NO3P/c1-15-17(14,16-2)8-7-11-9-10-5-3-4-6-12(10)13-11/h9,13H,3-6H2,1-2H3. The highest BCUT2D eigenvalue weighted by atomic mass is 31.2. The molecule has 1 aromatic rings. The first kappa shape index (κ1) is 12.4. The van der Waals surface area contributed by atoms with Crippen molar-refractivity contribution >= 4 is 7.60 Å². The van der Waals surface area contributed by atoms with Crippen LogP contribution in [0.3, 0.4) is 0 Å². The lowest BCUT2D eigenvalue weighted by molar-refractivity contribution is 0.288. The van der Waals surface area contributed by atoms with Crippen LogP contribution in [0, 0.1) is 11.6 Å². The van der Waals surface area contributed by atoms with E-state index in [1.165, 1.54) is 38.3 Å². The molecule has 0 aliphatic heterocycles. The van der Waals surface area contributed by atoms with E-state index >= 15 is 0 Å². The highest BCUT2D eigenvalue weighted by Gasteiger charge is 2.17. The summed E-state index contributed by atoms with van der Waals surface area (Å²) in [6.07, 6.45) is 4.62. The highest BCUT2D eigenvalue weighted by Crippen LogP contribution is 2.44. The molecule has 5 heteroatoms. The summed E-state index contributed by atoms with van der Waals surface area (Å²) in [6, 6.07) is 2.02. The number of hydrogen-bond donors (Lipinski definition) is 1. The molecule has 0 unspecified atom stereocenters. The van der Waals surface area contributed by atoms with Crippen molar-refractivity contribution in [3.63, 3.8) is 0 Å². The van der Waals surface area contributed by atoms with Crippen LogP contribution in [0.15, 0.2) is 6.07 Å². The molecule has 0 atom stereocenters. The highest BCUT2D eigenvalue weighted by molar-refractivity contribution is 7.59. The molecule has 1 aliphatic rings. The molecular formula is C12H16NO3P. The minimum absolute atomic E-state index is 0.784. The van der Waals surface area contributed by atoms with Gasteiger partial charge < -0.3 is 14.0 Å². The first-order valence-corrected chi connectivity index (χ1v) is 7.16. The van der Waals surface area contributed by atoms with E-state index in [-0.39, 0.29) is 0 Å². The van der Waals surface area contributed by atoms with Crippen molar-refractivity contribution in [3.8, 4) is 11.6 Å². The third-order valence-electron chi connectivity index (χ3n) is 2.92. The van der Waals surface area contributed by atoms with Gasteiger partial charge in [-0.25, -0.2) is 4.57 Å². The molecule has 92 valence electrons. The predicted molar refractivity (Wildman–Crippen MR) is 65.9 cm³/mol. The number of aromatic nitrogens is 1. The Morgan fingerprint density at radius 1 is 1.29 bits per heavy atom. The van der Waals surface area contributed by atoms with Gasteiger partial charge in [0.25, 0.3) is 0 Å². The third kappa shape index (κ3) is 2.81. The lowest BCUT2D eigenvalue weighted by Crippen LogP contribution is -1.99. The summed E-state index contributed by atoms with van der Waals surface area (Å²) in [5, 5.41) is 0. The molecule has 4 nitrogen and oxygen atoms in total. The fraction of sp³-hybridized carbons (Fsp3) is 0.500. The summed E-state index contributed by atoms with van der Waals surface area (Å²) in [6.45, 7) is 0. The van der Waals surface area contributed by atoms with Crippen molar-refractivity contribution in [2.45, 2.75) is 25.7 Å². The Morgan fingerprint density at radius 2 is 2.00 bits per heavy atom. The maximum atomic E-state index is 11.7. The molecule has 0 saturated carbocycles. The van der Waals surface area contributed by atoms with Crippen molar-refractivity contribution in [1.82, 2.24) is 4.98 Å². The Morgan fingerprint density at radius 3 is 2.65 bits per heavy atom. The monoisotopic (exact) mass is 253 g/mol. The second-order valence-electron chi connectivity index (χ2n) is 3.99. The minimum atomic E-state index is -3.23. The molecule has 1 heterocycles. The number of H-pyrrole nitrogens is 1. The maximum Gasteiger partial charge on any atom is 0.405 e. The van der Waals surface area contributed by atoms with Crippen LogP contribution in [0.2, 0.25) is 0 Å². The van der Waals surface area contributed by atoms with E-state index in [0.29, 0.717) is 0 Å². The van der Waals surface area contributed by atoms with Gasteiger partial charge in [0, 0.05) is 25.6 Å². The zero-order valence-corrected chi connectivity index (χ0v) is 11.0. The Balaban J connectivity index is 2.22. The van der Waals surface area contributed by atoms with Gasteiger partial charge >= 0.3 is 7.60 Å². The van der Waals surface area contributed by atoms with Crippen LogP contribution in [0.25, 0.3) is 0 Å². The van der Waals surface area contributed by atoms with E-state index in [9.17, 15) is 4.57 Å². The number of hydrogen-bond acceptors (Lipinski definition) is 3. The van der Waals surface area contributed by atoms with Crippen LogP contribution in [-0.2, 0) is 26.5 Å². The van der Waals surface area contributed by atoms with Gasteiger partial charge in [0.05, 0.1) is 5.69 Å². The number of nitrogens with one attached hydrogen (secondary N) is 1. The largest absolute Gasteiger partial charge is 0.405 e. The van der Waals surface area contributed by atoms with Crippen LogP contribution in [-0.4, -0.2) is 19.2 Å². The number of aromatic amines is 1. The molecule has 0 bridgehead atoms. The second kappa shape index (κ2) is 5.10. The fourth-order valence-electron chi connectivity index (χ4n) is 1.97. The van der Waals surface area contributed by atoms with Gasteiger partial charge in [-0.15, -0.1) is 0 Å². The zero-order chi connectivity index (χ0) is 12.3. The second-order valence-corrected chi connectivity index (χ2v) is 5.94. The maximum absolute atomic E-state index is 11.7. The molecule has 0 radical (unpaired) electrons. The van der Waals surface area contributed by atoms with Crippen LogP contribution in [0.4, 0.5) is 0 Å². The minimum Gasteiger partial charge on any atom is -0.352 e. The molecule has 0 saturated heterocycles. The molecular weight excluding hydrogens is 237 g/mol. The van der Waals surface area contributed by atoms with Crippen molar-refractivity contribution in [1.29, 1.82) is 0 Å². The number of rotatable bonds is 2. The summed E-state index contributed by atoms with van der Waals surface area (Å²) in [4.78, 5) is 3.25. The van der Waals surface area contributed by atoms with Crippen molar-refractivity contribution in [2.75, 3.05) is 14.2 Å². The van der Waals surface area contributed by atoms with Crippen LogP contribution in [0.1, 0.15) is 29.8 Å². The summed E-state index contributed by atoms with van der Waals surface area (Å²) in [7, 11) is -0.571. The van der Waals surface area contributed by atoms with E-state index < -0.39 is 7.60 Å². The summed E-state index contributed by atoms with van der Waals surface area (Å²) < 4.78 is 21.2. The van der Waals surface area contributed by atoms with E-state index in [1.807, 2.05) is 6.07 Å². The fourth-order valence-corrected chi connectivity index (χ4v) is 2.55. The van der Waals surface area contributed by atoms with E-state index in [4.69, 9.17) is 9.05 Å². The Hall–Kier alpha value is -1.01. The van der Waals surface area contributed by atoms with Gasteiger partial charge in [-0.1, -0.05) is 0 Å². The van der Waals surface area contributed by atoms with Crippen molar-refractivity contribution < 1.29 is 13.6 Å². The lowest BCUT2D eigenvalue weighted by Gasteiger charge is -2.08. The zero-order valence-electron chi connectivity index (χ0n) is 10.1. The molecule has 0 fully saturated rings. The van der Waals surface area contributed by atoms with Crippen LogP contribution in [0.5, 0.6) is 0 Å². The molecule has 1 aliphatic carbocycles. The van der Waals surface area contributed by atoms with Gasteiger partial charge in [-0.2, -0.15) is 0 Å². The van der Waals surface area contributed by atoms with Gasteiger partial charge in [-0.3, -0.25) is 0 Å². The number of fused-ring (bicyclic) bond motifs is 1. The smallest absolute Gasteiger partial charge is 0.352 e. The Bertz CT molecular complexity index is 478. The normalized spacial score (nSPS) is 14.9. The molecule has 1 N–H and O–H groups in total. The average molecular weight is 253 g/mol. The Kier molecular flexibility index (Phi) is 3.73. The third-order valence-corrected chi connectivity index (χ3v) is 4.27. The first-order chi connectivity index (χ1) is 8.17. The molecule has 1 aromatic heterocycles. The van der Waals surface area contributed by atoms with Crippen molar-refractivity contribution in [3.05, 3.63) is 23.0 Å². The molecule has 2 rings (SSSR count). The lowest BCUT2D eigenvalue weighted by atomic mass is 9.98. The van der Waals surface area contributed by atoms with Crippen LogP contribution < -0.4 is 0 Å². The Labute approximate surface area is 101 Å². The summed E-state index contributed by atoms with van der Waals surface area (Å²) in [5.74, 6) is 2.83. The van der Waals surface area contributed by atoms with E-state index in [1.54, 1.807) is 0 Å².